The van der Waals surface area contributed by atoms with Crippen molar-refractivity contribution in [1.29, 1.82) is 0 Å². The van der Waals surface area contributed by atoms with Gasteiger partial charge in [-0.3, -0.25) is 14.2 Å². The van der Waals surface area contributed by atoms with Crippen molar-refractivity contribution in [3.63, 3.8) is 0 Å². The zero-order valence-corrected chi connectivity index (χ0v) is 15.6. The monoisotopic (exact) mass is 409 g/mol. The molecule has 0 aliphatic heterocycles. The van der Waals surface area contributed by atoms with Crippen molar-refractivity contribution >= 4 is 34.1 Å². The Kier molecular flexibility index (Phi) is 5.16. The first-order chi connectivity index (χ1) is 13.1. The maximum absolute atomic E-state index is 13.1. The molecule has 9 heteroatoms. The second kappa shape index (κ2) is 7.27. The van der Waals surface area contributed by atoms with E-state index in [4.69, 9.17) is 11.6 Å². The molecule has 1 heterocycles. The van der Waals surface area contributed by atoms with E-state index in [0.29, 0.717) is 16.5 Å². The maximum atomic E-state index is 13.1. The highest BCUT2D eigenvalue weighted by atomic mass is 35.5. The van der Waals surface area contributed by atoms with E-state index in [-0.39, 0.29) is 28.1 Å². The number of hydrogen-bond donors (Lipinski definition) is 1. The molecular weight excluding hydrogens is 395 g/mol. The molecule has 2 aromatic carbocycles. The fraction of sp³-hybridized carbons (Fsp3) is 0.211. The van der Waals surface area contributed by atoms with Gasteiger partial charge in [-0.1, -0.05) is 25.4 Å². The summed E-state index contributed by atoms with van der Waals surface area (Å²) in [6.45, 7) is 3.69. The lowest BCUT2D eigenvalue weighted by Gasteiger charge is -2.16. The van der Waals surface area contributed by atoms with Gasteiger partial charge in [-0.2, -0.15) is 13.2 Å². The number of carbonyl (C=O) groups excluding carboxylic acids is 1. The number of carbonyl (C=O) groups is 1. The first-order valence-electron chi connectivity index (χ1n) is 8.28. The predicted molar refractivity (Wildman–Crippen MR) is 101 cm³/mol. The van der Waals surface area contributed by atoms with Crippen LogP contribution in [0.15, 0.2) is 47.3 Å². The van der Waals surface area contributed by atoms with Crippen LogP contribution in [0.1, 0.15) is 25.6 Å². The molecule has 3 rings (SSSR count). The van der Waals surface area contributed by atoms with Crippen LogP contribution in [0.2, 0.25) is 5.02 Å². The summed E-state index contributed by atoms with van der Waals surface area (Å²) < 4.78 is 38.8. The molecule has 146 valence electrons. The molecule has 1 amide bonds. The van der Waals surface area contributed by atoms with Gasteiger partial charge in [0.1, 0.15) is 5.82 Å². The minimum atomic E-state index is -5.01. The standard InChI is InChI=1S/C19H15ClF3N3O2/c1-10(2)16-25-15-9-12(24-18(28)19(21,22)23)5-8-14(15)17(27)26(16)13-6-3-11(20)4-7-13/h3-10H,1-2H3,(H,24,28). The number of alkyl halides is 3. The molecule has 0 spiro atoms. The fourth-order valence-corrected chi connectivity index (χ4v) is 2.84. The van der Waals surface area contributed by atoms with Gasteiger partial charge in [0, 0.05) is 16.6 Å². The van der Waals surface area contributed by atoms with E-state index >= 15 is 0 Å². The molecule has 3 aromatic rings. The molecule has 1 aromatic heterocycles. The van der Waals surface area contributed by atoms with Gasteiger partial charge in [-0.25, -0.2) is 4.98 Å². The van der Waals surface area contributed by atoms with E-state index in [1.807, 2.05) is 13.8 Å². The largest absolute Gasteiger partial charge is 0.471 e. The van der Waals surface area contributed by atoms with Gasteiger partial charge < -0.3 is 5.32 Å². The molecule has 0 aliphatic carbocycles. The highest BCUT2D eigenvalue weighted by Gasteiger charge is 2.38. The minimum absolute atomic E-state index is 0.0966. The fourth-order valence-electron chi connectivity index (χ4n) is 2.71. The third kappa shape index (κ3) is 3.87. The molecule has 0 bridgehead atoms. The highest BCUT2D eigenvalue weighted by Crippen LogP contribution is 2.23. The predicted octanol–water partition coefficient (Wildman–Crippen LogP) is 4.66. The van der Waals surface area contributed by atoms with Crippen molar-refractivity contribution < 1.29 is 18.0 Å². The second-order valence-electron chi connectivity index (χ2n) is 6.43. The molecule has 28 heavy (non-hydrogen) atoms. The summed E-state index contributed by atoms with van der Waals surface area (Å²) in [5.41, 5.74) is 0.297. The number of nitrogens with one attached hydrogen (secondary N) is 1. The number of fused-ring (bicyclic) bond motifs is 1. The van der Waals surface area contributed by atoms with Crippen molar-refractivity contribution in [3.8, 4) is 5.69 Å². The lowest BCUT2D eigenvalue weighted by Crippen LogP contribution is -2.30. The van der Waals surface area contributed by atoms with Crippen molar-refractivity contribution in [2.45, 2.75) is 25.9 Å². The van der Waals surface area contributed by atoms with Crippen LogP contribution in [-0.2, 0) is 4.79 Å². The zero-order valence-electron chi connectivity index (χ0n) is 14.8. The van der Waals surface area contributed by atoms with Crippen molar-refractivity contribution in [2.24, 2.45) is 0 Å². The van der Waals surface area contributed by atoms with Crippen LogP contribution in [0.25, 0.3) is 16.6 Å². The van der Waals surface area contributed by atoms with E-state index in [9.17, 15) is 22.8 Å². The number of amides is 1. The number of aromatic nitrogens is 2. The van der Waals surface area contributed by atoms with E-state index in [1.165, 1.54) is 22.8 Å². The molecule has 0 saturated carbocycles. The van der Waals surface area contributed by atoms with Gasteiger partial charge in [-0.05, 0) is 42.5 Å². The Morgan fingerprint density at radius 1 is 1.14 bits per heavy atom. The van der Waals surface area contributed by atoms with E-state index in [2.05, 4.69) is 4.98 Å². The molecule has 0 aliphatic rings. The van der Waals surface area contributed by atoms with E-state index < -0.39 is 12.1 Å². The number of rotatable bonds is 3. The van der Waals surface area contributed by atoms with Crippen LogP contribution in [0.3, 0.4) is 0 Å². The molecule has 1 N–H and O–H groups in total. The topological polar surface area (TPSA) is 64.0 Å². The van der Waals surface area contributed by atoms with E-state index in [1.54, 1.807) is 29.6 Å². The van der Waals surface area contributed by atoms with Crippen LogP contribution in [0.5, 0.6) is 0 Å². The lowest BCUT2D eigenvalue weighted by molar-refractivity contribution is -0.167. The summed E-state index contributed by atoms with van der Waals surface area (Å²) in [6, 6.07) is 10.5. The van der Waals surface area contributed by atoms with Crippen molar-refractivity contribution in [3.05, 3.63) is 63.7 Å². The summed E-state index contributed by atoms with van der Waals surface area (Å²) >= 11 is 5.91. The SMILES string of the molecule is CC(C)c1nc2cc(NC(=O)C(F)(F)F)ccc2c(=O)n1-c1ccc(Cl)cc1. The lowest BCUT2D eigenvalue weighted by atomic mass is 10.1. The Hall–Kier alpha value is -2.87. The molecule has 0 radical (unpaired) electrons. The normalized spacial score (nSPS) is 11.8. The summed E-state index contributed by atoms with van der Waals surface area (Å²) in [4.78, 5) is 28.7. The molecule has 0 fully saturated rings. The average molecular weight is 410 g/mol. The van der Waals surface area contributed by atoms with E-state index in [0.717, 1.165) is 0 Å². The number of benzene rings is 2. The Morgan fingerprint density at radius 3 is 2.36 bits per heavy atom. The van der Waals surface area contributed by atoms with Gasteiger partial charge in [0.25, 0.3) is 5.56 Å². The van der Waals surface area contributed by atoms with Crippen molar-refractivity contribution in [2.75, 3.05) is 5.32 Å². The first-order valence-corrected chi connectivity index (χ1v) is 8.66. The van der Waals surface area contributed by atoms with Gasteiger partial charge in [0.2, 0.25) is 0 Å². The smallest absolute Gasteiger partial charge is 0.318 e. The number of nitrogens with zero attached hydrogens (tertiary/aromatic N) is 2. The van der Waals surface area contributed by atoms with Gasteiger partial charge in [-0.15, -0.1) is 0 Å². The van der Waals surface area contributed by atoms with Crippen LogP contribution in [0.4, 0.5) is 18.9 Å². The maximum Gasteiger partial charge on any atom is 0.471 e. The summed E-state index contributed by atoms with van der Waals surface area (Å²) in [5, 5.41) is 2.50. The van der Waals surface area contributed by atoms with Crippen LogP contribution < -0.4 is 10.9 Å². The Labute approximate surface area is 162 Å². The zero-order chi connectivity index (χ0) is 20.6. The Bertz CT molecular complexity index is 1110. The van der Waals surface area contributed by atoms with Crippen LogP contribution in [-0.4, -0.2) is 21.6 Å². The van der Waals surface area contributed by atoms with Gasteiger partial charge in [0.15, 0.2) is 0 Å². The molecule has 0 atom stereocenters. The number of hydrogen-bond acceptors (Lipinski definition) is 3. The number of halogens is 4. The summed E-state index contributed by atoms with van der Waals surface area (Å²) in [5.74, 6) is -1.81. The quantitative estimate of drug-likeness (QED) is 0.684. The summed E-state index contributed by atoms with van der Waals surface area (Å²) in [6.07, 6.45) is -5.01. The first kappa shape index (κ1) is 19.9. The Morgan fingerprint density at radius 2 is 1.79 bits per heavy atom. The molecule has 0 saturated heterocycles. The van der Waals surface area contributed by atoms with Gasteiger partial charge >= 0.3 is 12.1 Å². The van der Waals surface area contributed by atoms with Crippen molar-refractivity contribution in [1.82, 2.24) is 9.55 Å². The molecular formula is C19H15ClF3N3O2. The van der Waals surface area contributed by atoms with Gasteiger partial charge in [0.05, 0.1) is 16.6 Å². The molecule has 5 nitrogen and oxygen atoms in total. The Balaban J connectivity index is 2.17. The van der Waals surface area contributed by atoms with Crippen LogP contribution >= 0.6 is 11.6 Å². The number of anilines is 1. The molecule has 0 unspecified atom stereocenters. The average Bonchev–Trinajstić information content (AvgIpc) is 2.61. The second-order valence-corrected chi connectivity index (χ2v) is 6.86. The highest BCUT2D eigenvalue weighted by molar-refractivity contribution is 6.30. The summed E-state index contributed by atoms with van der Waals surface area (Å²) in [7, 11) is 0. The van der Waals surface area contributed by atoms with Crippen LogP contribution in [0, 0.1) is 0 Å². The minimum Gasteiger partial charge on any atom is -0.318 e. The third-order valence-corrected chi connectivity index (χ3v) is 4.26. The third-order valence-electron chi connectivity index (χ3n) is 4.01.